The third-order valence-corrected chi connectivity index (χ3v) is 6.91. The maximum Gasteiger partial charge on any atom is 0.227 e. The topological polar surface area (TPSA) is 53.5 Å². The molecule has 1 aliphatic rings. The first-order valence-corrected chi connectivity index (χ1v) is 12.3. The Morgan fingerprint density at radius 2 is 1.71 bits per heavy atom. The highest BCUT2D eigenvalue weighted by molar-refractivity contribution is 7.88. The Morgan fingerprint density at radius 1 is 1.00 bits per heavy atom. The fourth-order valence-corrected chi connectivity index (χ4v) is 4.95. The number of carbonyl (C=O) groups is 1. The quantitative estimate of drug-likeness (QED) is 0.482. The van der Waals surface area contributed by atoms with Gasteiger partial charge < -0.3 is 9.80 Å². The molecule has 4 rings (SSSR count). The average Bonchev–Trinajstić information content (AvgIpc) is 3.26. The molecule has 0 aliphatic carbocycles. The van der Waals surface area contributed by atoms with Gasteiger partial charge in [-0.1, -0.05) is 24.3 Å². The minimum atomic E-state index is -1.17. The molecule has 3 aromatic rings. The predicted molar refractivity (Wildman–Crippen MR) is 131 cm³/mol. The van der Waals surface area contributed by atoms with Crippen LogP contribution in [0.15, 0.2) is 66.2 Å². The standard InChI is InChI=1S/C26H24F3N3O2S/c1-31(2)25-11-17(7-9-30-25)15-32(21-8-10-35(34)16-21)26(33)14-20-4-3-18(12-23(20)28)19-5-6-22(27)24(29)13-19/h3-13,21H,14-16H2,1-2H3. The normalized spacial score (nSPS) is 16.9. The van der Waals surface area contributed by atoms with Crippen molar-refractivity contribution in [3.05, 3.63) is 94.8 Å². The van der Waals surface area contributed by atoms with E-state index in [-0.39, 0.29) is 36.2 Å². The molecule has 182 valence electrons. The first kappa shape index (κ1) is 24.7. The van der Waals surface area contributed by atoms with Crippen LogP contribution in [0.2, 0.25) is 0 Å². The maximum atomic E-state index is 14.9. The maximum absolute atomic E-state index is 14.9. The van der Waals surface area contributed by atoms with Crippen LogP contribution in [0.4, 0.5) is 19.0 Å². The molecule has 1 amide bonds. The lowest BCUT2D eigenvalue weighted by atomic mass is 10.0. The predicted octanol–water partition coefficient (Wildman–Crippen LogP) is 4.45. The molecule has 0 saturated heterocycles. The molecule has 2 aromatic carbocycles. The Labute approximate surface area is 204 Å². The van der Waals surface area contributed by atoms with Crippen molar-refractivity contribution in [1.82, 2.24) is 9.88 Å². The summed E-state index contributed by atoms with van der Waals surface area (Å²) in [6.45, 7) is 0.253. The molecule has 0 spiro atoms. The molecule has 35 heavy (non-hydrogen) atoms. The van der Waals surface area contributed by atoms with Crippen molar-refractivity contribution in [2.24, 2.45) is 0 Å². The van der Waals surface area contributed by atoms with Crippen LogP contribution in [0.5, 0.6) is 0 Å². The largest absolute Gasteiger partial charge is 0.363 e. The van der Waals surface area contributed by atoms with Gasteiger partial charge in [0.25, 0.3) is 0 Å². The smallest absolute Gasteiger partial charge is 0.227 e. The summed E-state index contributed by atoms with van der Waals surface area (Å²) >= 11 is 0. The van der Waals surface area contributed by atoms with Crippen LogP contribution >= 0.6 is 0 Å². The van der Waals surface area contributed by atoms with Crippen LogP contribution in [-0.2, 0) is 28.6 Å². The first-order valence-electron chi connectivity index (χ1n) is 10.9. The number of hydrogen-bond acceptors (Lipinski definition) is 4. The van der Waals surface area contributed by atoms with Gasteiger partial charge >= 0.3 is 0 Å². The van der Waals surface area contributed by atoms with E-state index in [0.29, 0.717) is 11.1 Å². The summed E-state index contributed by atoms with van der Waals surface area (Å²) in [6, 6.07) is 10.9. The summed E-state index contributed by atoms with van der Waals surface area (Å²) in [7, 11) is 2.57. The summed E-state index contributed by atoms with van der Waals surface area (Å²) in [5.74, 6) is -1.92. The van der Waals surface area contributed by atoms with Crippen molar-refractivity contribution in [1.29, 1.82) is 0 Å². The number of aromatic nitrogens is 1. The lowest BCUT2D eigenvalue weighted by molar-refractivity contribution is -0.132. The number of pyridine rings is 1. The van der Waals surface area contributed by atoms with Crippen molar-refractivity contribution in [3.8, 4) is 11.1 Å². The number of amides is 1. The summed E-state index contributed by atoms with van der Waals surface area (Å²) in [5.41, 5.74) is 1.72. The van der Waals surface area contributed by atoms with Gasteiger partial charge in [0.15, 0.2) is 11.6 Å². The van der Waals surface area contributed by atoms with Gasteiger partial charge in [-0.25, -0.2) is 18.2 Å². The molecule has 2 atom stereocenters. The van der Waals surface area contributed by atoms with E-state index >= 15 is 0 Å². The van der Waals surface area contributed by atoms with E-state index in [0.717, 1.165) is 23.5 Å². The van der Waals surface area contributed by atoms with Crippen LogP contribution in [0, 0.1) is 17.5 Å². The zero-order valence-corrected chi connectivity index (χ0v) is 20.1. The molecule has 0 fully saturated rings. The Bertz CT molecular complexity index is 1310. The fourth-order valence-electron chi connectivity index (χ4n) is 3.85. The van der Waals surface area contributed by atoms with Gasteiger partial charge in [0.05, 0.1) is 18.2 Å². The molecular weight excluding hydrogens is 475 g/mol. The van der Waals surface area contributed by atoms with Crippen molar-refractivity contribution in [2.45, 2.75) is 19.0 Å². The second-order valence-electron chi connectivity index (χ2n) is 8.49. The van der Waals surface area contributed by atoms with E-state index in [4.69, 9.17) is 0 Å². The van der Waals surface area contributed by atoms with E-state index in [1.165, 1.54) is 18.2 Å². The van der Waals surface area contributed by atoms with Gasteiger partial charge in [-0.2, -0.15) is 0 Å². The Kier molecular flexibility index (Phi) is 7.35. The number of hydrogen-bond donors (Lipinski definition) is 0. The van der Waals surface area contributed by atoms with Crippen LogP contribution in [-0.4, -0.2) is 45.9 Å². The first-order chi connectivity index (χ1) is 16.7. The SMILES string of the molecule is CN(C)c1cc(CN(C(=O)Cc2ccc(-c3ccc(F)c(F)c3)cc2F)C2C=CS(=O)C2)ccn1. The number of halogens is 3. The molecule has 1 aliphatic heterocycles. The van der Waals surface area contributed by atoms with Crippen LogP contribution in [0.3, 0.4) is 0 Å². The number of benzene rings is 2. The molecule has 2 heterocycles. The average molecular weight is 500 g/mol. The lowest BCUT2D eigenvalue weighted by Crippen LogP contribution is -2.41. The summed E-state index contributed by atoms with van der Waals surface area (Å²) in [4.78, 5) is 21.1. The van der Waals surface area contributed by atoms with Crippen LogP contribution in [0.1, 0.15) is 11.1 Å². The fraction of sp³-hybridized carbons (Fsp3) is 0.231. The van der Waals surface area contributed by atoms with Crippen molar-refractivity contribution in [2.75, 3.05) is 24.7 Å². The van der Waals surface area contributed by atoms with Gasteiger partial charge in [0, 0.05) is 43.0 Å². The zero-order valence-electron chi connectivity index (χ0n) is 19.2. The molecule has 0 N–H and O–H groups in total. The highest BCUT2D eigenvalue weighted by Gasteiger charge is 2.27. The summed E-state index contributed by atoms with van der Waals surface area (Å²) in [5, 5.41) is 1.57. The number of nitrogens with zero attached hydrogens (tertiary/aromatic N) is 3. The lowest BCUT2D eigenvalue weighted by Gasteiger charge is -2.28. The third-order valence-electron chi connectivity index (χ3n) is 5.78. The Hall–Kier alpha value is -3.46. The molecule has 2 unspecified atom stereocenters. The second-order valence-corrected chi connectivity index (χ2v) is 9.86. The Morgan fingerprint density at radius 3 is 2.34 bits per heavy atom. The Balaban J connectivity index is 1.56. The minimum Gasteiger partial charge on any atom is -0.363 e. The van der Waals surface area contributed by atoms with Gasteiger partial charge in [-0.05, 0) is 52.6 Å². The molecule has 1 aromatic heterocycles. The summed E-state index contributed by atoms with van der Waals surface area (Å²) in [6.07, 6.45) is 3.20. The van der Waals surface area contributed by atoms with Gasteiger partial charge in [-0.3, -0.25) is 9.00 Å². The molecule has 0 saturated carbocycles. The van der Waals surface area contributed by atoms with E-state index in [1.807, 2.05) is 25.1 Å². The molecule has 0 bridgehead atoms. The molecule has 9 heteroatoms. The van der Waals surface area contributed by atoms with Crippen molar-refractivity contribution >= 4 is 22.5 Å². The van der Waals surface area contributed by atoms with E-state index in [2.05, 4.69) is 4.98 Å². The van der Waals surface area contributed by atoms with Crippen LogP contribution in [0.25, 0.3) is 11.1 Å². The van der Waals surface area contributed by atoms with Crippen molar-refractivity contribution in [3.63, 3.8) is 0 Å². The minimum absolute atomic E-state index is 0.179. The zero-order chi connectivity index (χ0) is 25.1. The summed E-state index contributed by atoms with van der Waals surface area (Å²) < 4.78 is 53.7. The highest BCUT2D eigenvalue weighted by atomic mass is 32.2. The highest BCUT2D eigenvalue weighted by Crippen LogP contribution is 2.25. The third kappa shape index (κ3) is 5.79. The van der Waals surface area contributed by atoms with Gasteiger partial charge in [0.2, 0.25) is 5.91 Å². The number of anilines is 1. The molecule has 5 nitrogen and oxygen atoms in total. The second kappa shape index (κ2) is 10.4. The number of rotatable bonds is 7. The van der Waals surface area contributed by atoms with E-state index in [1.54, 1.807) is 34.7 Å². The van der Waals surface area contributed by atoms with Gasteiger partial charge in [-0.15, -0.1) is 0 Å². The van der Waals surface area contributed by atoms with Gasteiger partial charge in [0.1, 0.15) is 11.6 Å². The van der Waals surface area contributed by atoms with Crippen LogP contribution < -0.4 is 4.90 Å². The van der Waals surface area contributed by atoms with E-state index in [9.17, 15) is 22.2 Å². The molecule has 0 radical (unpaired) electrons. The van der Waals surface area contributed by atoms with E-state index < -0.39 is 28.3 Å². The molecular formula is C26H24F3N3O2S. The monoisotopic (exact) mass is 499 g/mol. The van der Waals surface area contributed by atoms with Crippen molar-refractivity contribution < 1.29 is 22.2 Å². The number of carbonyl (C=O) groups excluding carboxylic acids is 1.